The van der Waals surface area contributed by atoms with Crippen LogP contribution in [0.4, 0.5) is 0 Å². The molecule has 0 fully saturated rings. The molecule has 0 saturated heterocycles. The van der Waals surface area contributed by atoms with Gasteiger partial charge < -0.3 is 20.3 Å². The average Bonchev–Trinajstić information content (AvgIpc) is 2.44. The number of rotatable bonds is 8. The van der Waals surface area contributed by atoms with E-state index in [2.05, 4.69) is 5.32 Å². The summed E-state index contributed by atoms with van der Waals surface area (Å²) < 4.78 is 5.32. The van der Waals surface area contributed by atoms with Crippen LogP contribution in [0.3, 0.4) is 0 Å². The van der Waals surface area contributed by atoms with Gasteiger partial charge in [-0.15, -0.1) is 0 Å². The van der Waals surface area contributed by atoms with Crippen molar-refractivity contribution in [3.63, 3.8) is 0 Å². The number of nitrogens with one attached hydrogen (secondary N) is 1. The Balaban J connectivity index is 2.49. The molecule has 2 atom stereocenters. The third-order valence-electron chi connectivity index (χ3n) is 2.71. The molecule has 0 aliphatic heterocycles. The normalized spacial score (nSPS) is 13.2. The molecule has 7 nitrogen and oxygen atoms in total. The Bertz CT molecular complexity index is 501. The number of hydrogen-bond donors (Lipinski definition) is 3. The summed E-state index contributed by atoms with van der Waals surface area (Å²) in [6.45, 7) is 1.67. The molecule has 1 unspecified atom stereocenters. The van der Waals surface area contributed by atoms with Gasteiger partial charge in [0.05, 0.1) is 13.0 Å². The molecular weight excluding hydrogens is 278 g/mol. The number of carboxylic acid groups (broad SMARTS) is 2. The van der Waals surface area contributed by atoms with Crippen LogP contribution < -0.4 is 5.32 Å². The lowest BCUT2D eigenvalue weighted by Crippen LogP contribution is -2.46. The zero-order valence-corrected chi connectivity index (χ0v) is 11.5. The van der Waals surface area contributed by atoms with Gasteiger partial charge in [0.25, 0.3) is 0 Å². The van der Waals surface area contributed by atoms with Crippen molar-refractivity contribution >= 4 is 17.8 Å². The molecule has 1 rings (SSSR count). The van der Waals surface area contributed by atoms with Crippen molar-refractivity contribution in [3.8, 4) is 0 Å². The number of carbonyl (C=O) groups excluding carboxylic acids is 1. The molecule has 1 aromatic rings. The lowest BCUT2D eigenvalue weighted by Gasteiger charge is -2.17. The second kappa shape index (κ2) is 8.01. The quantitative estimate of drug-likeness (QED) is 0.648. The first-order valence-electron chi connectivity index (χ1n) is 6.30. The highest BCUT2D eigenvalue weighted by atomic mass is 16.5. The van der Waals surface area contributed by atoms with E-state index < -0.39 is 36.4 Å². The molecule has 1 aromatic carbocycles. The van der Waals surface area contributed by atoms with Crippen LogP contribution in [0.25, 0.3) is 0 Å². The van der Waals surface area contributed by atoms with Crippen molar-refractivity contribution in [2.45, 2.75) is 32.1 Å². The summed E-state index contributed by atoms with van der Waals surface area (Å²) in [7, 11) is 0. The van der Waals surface area contributed by atoms with Gasteiger partial charge in [-0.25, -0.2) is 4.79 Å². The topological polar surface area (TPSA) is 113 Å². The lowest BCUT2D eigenvalue weighted by atomic mass is 10.2. The molecule has 21 heavy (non-hydrogen) atoms. The Morgan fingerprint density at radius 2 is 1.81 bits per heavy atom. The van der Waals surface area contributed by atoms with Crippen LogP contribution in [-0.4, -0.2) is 40.2 Å². The molecule has 0 heterocycles. The third kappa shape index (κ3) is 6.05. The predicted molar refractivity (Wildman–Crippen MR) is 72.5 cm³/mol. The molecular formula is C14H17NO6. The SMILES string of the molecule is CC(OCc1ccccc1)C(=O)N[C@@H](CC(=O)O)C(=O)O. The average molecular weight is 295 g/mol. The van der Waals surface area contributed by atoms with E-state index in [0.717, 1.165) is 5.56 Å². The van der Waals surface area contributed by atoms with Crippen LogP contribution in [-0.2, 0) is 25.7 Å². The summed E-state index contributed by atoms with van der Waals surface area (Å²) in [5.41, 5.74) is 0.873. The van der Waals surface area contributed by atoms with Crippen LogP contribution in [0.2, 0.25) is 0 Å². The lowest BCUT2D eigenvalue weighted by molar-refractivity contribution is -0.148. The smallest absolute Gasteiger partial charge is 0.326 e. The van der Waals surface area contributed by atoms with E-state index in [4.69, 9.17) is 14.9 Å². The van der Waals surface area contributed by atoms with Crippen LogP contribution in [0.5, 0.6) is 0 Å². The fourth-order valence-electron chi connectivity index (χ4n) is 1.53. The van der Waals surface area contributed by atoms with Gasteiger partial charge in [0.1, 0.15) is 12.1 Å². The highest BCUT2D eigenvalue weighted by Gasteiger charge is 2.25. The fourth-order valence-corrected chi connectivity index (χ4v) is 1.53. The molecule has 0 aliphatic rings. The minimum Gasteiger partial charge on any atom is -0.481 e. The van der Waals surface area contributed by atoms with Gasteiger partial charge >= 0.3 is 11.9 Å². The molecule has 0 aromatic heterocycles. The number of carboxylic acids is 2. The highest BCUT2D eigenvalue weighted by molar-refractivity contribution is 5.88. The Labute approximate surface area is 121 Å². The summed E-state index contributed by atoms with van der Waals surface area (Å²) >= 11 is 0. The molecule has 0 aliphatic carbocycles. The molecule has 7 heteroatoms. The van der Waals surface area contributed by atoms with Gasteiger partial charge in [-0.2, -0.15) is 0 Å². The highest BCUT2D eigenvalue weighted by Crippen LogP contribution is 2.04. The maximum atomic E-state index is 11.8. The van der Waals surface area contributed by atoms with Gasteiger partial charge in [-0.3, -0.25) is 9.59 Å². The third-order valence-corrected chi connectivity index (χ3v) is 2.71. The second-order valence-electron chi connectivity index (χ2n) is 4.44. The van der Waals surface area contributed by atoms with Crippen LogP contribution in [0.15, 0.2) is 30.3 Å². The summed E-state index contributed by atoms with van der Waals surface area (Å²) in [6, 6.07) is 7.69. The first-order valence-corrected chi connectivity index (χ1v) is 6.30. The van der Waals surface area contributed by atoms with E-state index in [1.807, 2.05) is 30.3 Å². The maximum absolute atomic E-state index is 11.8. The number of aliphatic carboxylic acids is 2. The van der Waals surface area contributed by atoms with Crippen LogP contribution in [0.1, 0.15) is 18.9 Å². The zero-order valence-electron chi connectivity index (χ0n) is 11.5. The second-order valence-corrected chi connectivity index (χ2v) is 4.44. The molecule has 0 bridgehead atoms. The molecule has 1 amide bonds. The Kier molecular flexibility index (Phi) is 6.35. The van der Waals surface area contributed by atoms with Crippen molar-refractivity contribution in [2.24, 2.45) is 0 Å². The van der Waals surface area contributed by atoms with Gasteiger partial charge in [0, 0.05) is 0 Å². The first kappa shape index (κ1) is 16.6. The number of ether oxygens (including phenoxy) is 1. The molecule has 0 saturated carbocycles. The first-order chi connectivity index (χ1) is 9.90. The van der Waals surface area contributed by atoms with Gasteiger partial charge in [0.15, 0.2) is 0 Å². The molecule has 3 N–H and O–H groups in total. The summed E-state index contributed by atoms with van der Waals surface area (Å²) in [5, 5.41) is 19.6. The van der Waals surface area contributed by atoms with Crippen molar-refractivity contribution in [1.29, 1.82) is 0 Å². The van der Waals surface area contributed by atoms with E-state index in [1.165, 1.54) is 6.92 Å². The van der Waals surface area contributed by atoms with E-state index in [1.54, 1.807) is 0 Å². The zero-order chi connectivity index (χ0) is 15.8. The van der Waals surface area contributed by atoms with Crippen LogP contribution >= 0.6 is 0 Å². The predicted octanol–water partition coefficient (Wildman–Crippen LogP) is 0.636. The van der Waals surface area contributed by atoms with Crippen molar-refractivity contribution in [1.82, 2.24) is 5.32 Å². The Morgan fingerprint density at radius 3 is 2.33 bits per heavy atom. The minimum absolute atomic E-state index is 0.200. The largest absolute Gasteiger partial charge is 0.481 e. The number of carbonyl (C=O) groups is 3. The number of amides is 1. The van der Waals surface area contributed by atoms with Gasteiger partial charge in [0.2, 0.25) is 5.91 Å². The fraction of sp³-hybridized carbons (Fsp3) is 0.357. The number of benzene rings is 1. The van der Waals surface area contributed by atoms with Crippen molar-refractivity contribution in [3.05, 3.63) is 35.9 Å². The van der Waals surface area contributed by atoms with Crippen molar-refractivity contribution < 1.29 is 29.3 Å². The van der Waals surface area contributed by atoms with E-state index in [9.17, 15) is 14.4 Å². The standard InChI is InChI=1S/C14H17NO6/c1-9(21-8-10-5-3-2-4-6-10)13(18)15-11(14(19)20)7-12(16)17/h2-6,9,11H,7-8H2,1H3,(H,15,18)(H,16,17)(H,19,20)/t9?,11-/m0/s1. The van der Waals surface area contributed by atoms with E-state index in [0.29, 0.717) is 0 Å². The summed E-state index contributed by atoms with van der Waals surface area (Å²) in [4.78, 5) is 33.2. The molecule has 0 spiro atoms. The Hall–Kier alpha value is -2.41. The van der Waals surface area contributed by atoms with Crippen molar-refractivity contribution in [2.75, 3.05) is 0 Å². The maximum Gasteiger partial charge on any atom is 0.326 e. The summed E-state index contributed by atoms with van der Waals surface area (Å²) in [5.74, 6) is -3.37. The van der Waals surface area contributed by atoms with Gasteiger partial charge in [-0.1, -0.05) is 30.3 Å². The number of hydrogen-bond acceptors (Lipinski definition) is 4. The molecule has 114 valence electrons. The summed E-state index contributed by atoms with van der Waals surface area (Å²) in [6.07, 6.45) is -1.58. The van der Waals surface area contributed by atoms with Crippen LogP contribution in [0, 0.1) is 0 Å². The minimum atomic E-state index is -1.47. The van der Waals surface area contributed by atoms with Gasteiger partial charge in [-0.05, 0) is 12.5 Å². The Morgan fingerprint density at radius 1 is 1.19 bits per heavy atom. The van der Waals surface area contributed by atoms with E-state index >= 15 is 0 Å². The molecule has 0 radical (unpaired) electrons. The monoisotopic (exact) mass is 295 g/mol. The van der Waals surface area contributed by atoms with E-state index in [-0.39, 0.29) is 6.61 Å².